The number of rotatable bonds is 0. The van der Waals surface area contributed by atoms with Gasteiger partial charge in [0.25, 0.3) is 0 Å². The van der Waals surface area contributed by atoms with E-state index in [-0.39, 0.29) is 11.2 Å². The molecular weight excluding hydrogens is 232 g/mol. The van der Waals surface area contributed by atoms with Crippen molar-refractivity contribution in [2.24, 2.45) is 0 Å². The van der Waals surface area contributed by atoms with Gasteiger partial charge in [-0.25, -0.2) is 0 Å². The summed E-state index contributed by atoms with van der Waals surface area (Å²) in [7, 11) is 0. The largest absolute Gasteiger partial charge is 0.507 e. The lowest BCUT2D eigenvalue weighted by atomic mass is 10.1. The van der Waals surface area contributed by atoms with E-state index in [9.17, 15) is 9.90 Å². The molecule has 1 N–H and O–H groups in total. The van der Waals surface area contributed by atoms with Gasteiger partial charge in [-0.2, -0.15) is 0 Å². The lowest BCUT2D eigenvalue weighted by Crippen LogP contribution is -2.01. The minimum Gasteiger partial charge on any atom is -0.507 e. The summed E-state index contributed by atoms with van der Waals surface area (Å²) in [5.41, 5.74) is 0.868. The minimum absolute atomic E-state index is 0.0759. The average Bonchev–Trinajstić information content (AvgIpc) is 2.28. The molecule has 0 saturated heterocycles. The van der Waals surface area contributed by atoms with E-state index in [0.717, 1.165) is 15.0 Å². The van der Waals surface area contributed by atoms with Crippen LogP contribution in [0.4, 0.5) is 0 Å². The molecule has 0 atom stereocenters. The summed E-state index contributed by atoms with van der Waals surface area (Å²) in [6, 6.07) is 11.1. The number of benzene rings is 2. The van der Waals surface area contributed by atoms with E-state index in [0.29, 0.717) is 10.8 Å². The van der Waals surface area contributed by atoms with Crippen molar-refractivity contribution in [3.63, 3.8) is 0 Å². The molecule has 0 aliphatic rings. The first kappa shape index (κ1) is 10.3. The predicted molar refractivity (Wildman–Crippen MR) is 72.0 cm³/mol. The second-order valence-electron chi connectivity index (χ2n) is 4.08. The SMILES string of the molecule is Cc1cc(O)c2c(=O)c3ccccc3sc2c1. The third-order valence-electron chi connectivity index (χ3n) is 2.80. The Morgan fingerprint density at radius 1 is 1.12 bits per heavy atom. The van der Waals surface area contributed by atoms with Crippen LogP contribution in [0.3, 0.4) is 0 Å². The quantitative estimate of drug-likeness (QED) is 0.613. The van der Waals surface area contributed by atoms with Gasteiger partial charge in [0.2, 0.25) is 0 Å². The Hall–Kier alpha value is -1.87. The highest BCUT2D eigenvalue weighted by atomic mass is 32.1. The van der Waals surface area contributed by atoms with Crippen molar-refractivity contribution in [3.8, 4) is 5.75 Å². The van der Waals surface area contributed by atoms with E-state index in [2.05, 4.69) is 0 Å². The number of phenolic OH excluding ortho intramolecular Hbond substituents is 1. The highest BCUT2D eigenvalue weighted by Crippen LogP contribution is 2.30. The maximum Gasteiger partial charge on any atom is 0.199 e. The highest BCUT2D eigenvalue weighted by molar-refractivity contribution is 7.24. The third kappa shape index (κ3) is 1.51. The van der Waals surface area contributed by atoms with E-state index < -0.39 is 0 Å². The molecule has 17 heavy (non-hydrogen) atoms. The molecule has 0 fully saturated rings. The van der Waals surface area contributed by atoms with Gasteiger partial charge in [-0.1, -0.05) is 12.1 Å². The van der Waals surface area contributed by atoms with Crippen LogP contribution in [0.2, 0.25) is 0 Å². The molecule has 0 aliphatic heterocycles. The van der Waals surface area contributed by atoms with Gasteiger partial charge in [0.15, 0.2) is 5.43 Å². The van der Waals surface area contributed by atoms with Gasteiger partial charge in [0.05, 0.1) is 5.39 Å². The van der Waals surface area contributed by atoms with Crippen molar-refractivity contribution in [1.82, 2.24) is 0 Å². The fourth-order valence-electron chi connectivity index (χ4n) is 2.04. The van der Waals surface area contributed by atoms with Crippen LogP contribution >= 0.6 is 11.3 Å². The summed E-state index contributed by atoms with van der Waals surface area (Å²) < 4.78 is 1.79. The zero-order valence-electron chi connectivity index (χ0n) is 9.23. The highest BCUT2D eigenvalue weighted by Gasteiger charge is 2.09. The first-order valence-electron chi connectivity index (χ1n) is 5.32. The number of hydrogen-bond acceptors (Lipinski definition) is 3. The topological polar surface area (TPSA) is 37.3 Å². The summed E-state index contributed by atoms with van der Waals surface area (Å²) in [4.78, 5) is 12.3. The molecule has 0 spiro atoms. The molecule has 3 rings (SSSR count). The molecule has 0 saturated carbocycles. The van der Waals surface area contributed by atoms with Gasteiger partial charge >= 0.3 is 0 Å². The first-order chi connectivity index (χ1) is 8.16. The maximum atomic E-state index is 12.3. The monoisotopic (exact) mass is 242 g/mol. The Kier molecular flexibility index (Phi) is 2.16. The number of aryl methyl sites for hydroxylation is 1. The number of phenols is 1. The zero-order chi connectivity index (χ0) is 12.0. The Morgan fingerprint density at radius 2 is 1.88 bits per heavy atom. The fourth-order valence-corrected chi connectivity index (χ4v) is 3.24. The molecule has 0 aliphatic carbocycles. The molecule has 1 heterocycles. The van der Waals surface area contributed by atoms with Crippen LogP contribution in [0.1, 0.15) is 5.56 Å². The normalized spacial score (nSPS) is 11.1. The van der Waals surface area contributed by atoms with Crippen LogP contribution in [0.5, 0.6) is 5.75 Å². The van der Waals surface area contributed by atoms with E-state index in [1.807, 2.05) is 31.2 Å². The summed E-state index contributed by atoms with van der Waals surface area (Å²) in [5.74, 6) is 0.0759. The Labute approximate surface area is 102 Å². The predicted octanol–water partition coefficient (Wildman–Crippen LogP) is 3.43. The Bertz CT molecular complexity index is 787. The summed E-state index contributed by atoms with van der Waals surface area (Å²) >= 11 is 1.53. The Morgan fingerprint density at radius 3 is 2.71 bits per heavy atom. The lowest BCUT2D eigenvalue weighted by molar-refractivity contribution is 0.481. The van der Waals surface area contributed by atoms with Gasteiger partial charge in [-0.05, 0) is 36.8 Å². The van der Waals surface area contributed by atoms with Gasteiger partial charge in [-0.15, -0.1) is 11.3 Å². The zero-order valence-corrected chi connectivity index (χ0v) is 10.0. The molecule has 2 nitrogen and oxygen atoms in total. The van der Waals surface area contributed by atoms with E-state index in [4.69, 9.17) is 0 Å². The molecule has 0 amide bonds. The van der Waals surface area contributed by atoms with Crippen LogP contribution in [-0.4, -0.2) is 5.11 Å². The maximum absolute atomic E-state index is 12.3. The van der Waals surface area contributed by atoms with Gasteiger partial charge < -0.3 is 5.11 Å². The average molecular weight is 242 g/mol. The standard InChI is InChI=1S/C14H10O2S/c1-8-6-10(15)13-12(7-8)17-11-5-3-2-4-9(11)14(13)16/h2-7,15H,1H3. The van der Waals surface area contributed by atoms with Crippen molar-refractivity contribution in [1.29, 1.82) is 0 Å². The van der Waals surface area contributed by atoms with E-state index >= 15 is 0 Å². The van der Waals surface area contributed by atoms with Gasteiger partial charge in [0, 0.05) is 14.8 Å². The van der Waals surface area contributed by atoms with Crippen molar-refractivity contribution >= 4 is 31.5 Å². The van der Waals surface area contributed by atoms with Crippen LogP contribution in [-0.2, 0) is 0 Å². The van der Waals surface area contributed by atoms with E-state index in [1.165, 1.54) is 11.3 Å². The van der Waals surface area contributed by atoms with Crippen molar-refractivity contribution < 1.29 is 5.11 Å². The van der Waals surface area contributed by atoms with Crippen LogP contribution in [0, 0.1) is 6.92 Å². The lowest BCUT2D eigenvalue weighted by Gasteiger charge is -2.04. The summed E-state index contributed by atoms with van der Waals surface area (Å²) in [5, 5.41) is 11.0. The van der Waals surface area contributed by atoms with E-state index in [1.54, 1.807) is 12.1 Å². The molecule has 3 aromatic rings. The number of fused-ring (bicyclic) bond motifs is 2. The first-order valence-corrected chi connectivity index (χ1v) is 6.13. The molecule has 1 aromatic heterocycles. The molecular formula is C14H10O2S. The Balaban J connectivity index is 2.64. The molecule has 0 radical (unpaired) electrons. The smallest absolute Gasteiger partial charge is 0.199 e. The van der Waals surface area contributed by atoms with Crippen molar-refractivity contribution in [3.05, 3.63) is 52.2 Å². The fraction of sp³-hybridized carbons (Fsp3) is 0.0714. The second kappa shape index (κ2) is 3.57. The molecule has 0 unspecified atom stereocenters. The molecule has 84 valence electrons. The molecule has 2 aromatic carbocycles. The minimum atomic E-state index is -0.0909. The second-order valence-corrected chi connectivity index (χ2v) is 5.17. The van der Waals surface area contributed by atoms with Crippen LogP contribution in [0.15, 0.2) is 41.2 Å². The molecule has 3 heteroatoms. The summed E-state index contributed by atoms with van der Waals surface area (Å²) in [6.07, 6.45) is 0. The van der Waals surface area contributed by atoms with Crippen molar-refractivity contribution in [2.45, 2.75) is 6.92 Å². The third-order valence-corrected chi connectivity index (χ3v) is 3.92. The molecule has 0 bridgehead atoms. The number of hydrogen-bond donors (Lipinski definition) is 1. The van der Waals surface area contributed by atoms with Gasteiger partial charge in [0.1, 0.15) is 5.75 Å². The number of aromatic hydroxyl groups is 1. The van der Waals surface area contributed by atoms with Crippen molar-refractivity contribution in [2.75, 3.05) is 0 Å². The summed E-state index contributed by atoms with van der Waals surface area (Å²) in [6.45, 7) is 1.91. The van der Waals surface area contributed by atoms with Gasteiger partial charge in [-0.3, -0.25) is 4.79 Å². The van der Waals surface area contributed by atoms with Crippen LogP contribution < -0.4 is 5.43 Å². The van der Waals surface area contributed by atoms with Crippen LogP contribution in [0.25, 0.3) is 20.2 Å².